The van der Waals surface area contributed by atoms with Gasteiger partial charge in [-0.15, -0.1) is 0 Å². The molecule has 0 bridgehead atoms. The molecule has 1 N–H and O–H groups in total. The second-order valence-electron chi connectivity index (χ2n) is 8.08. The molecule has 0 saturated heterocycles. The summed E-state index contributed by atoms with van der Waals surface area (Å²) in [6, 6.07) is 17.1. The van der Waals surface area contributed by atoms with Gasteiger partial charge in [-0.1, -0.05) is 71.8 Å². The van der Waals surface area contributed by atoms with E-state index >= 15 is 0 Å². The summed E-state index contributed by atoms with van der Waals surface area (Å²) in [6.07, 6.45) is 4.58. The molecule has 140 valence electrons. The minimum Gasteiger partial charge on any atom is -0.300 e. The Morgan fingerprint density at radius 3 is 2.29 bits per heavy atom. The van der Waals surface area contributed by atoms with Crippen molar-refractivity contribution in [2.24, 2.45) is 0 Å². The number of benzene rings is 3. The summed E-state index contributed by atoms with van der Waals surface area (Å²) in [5, 5.41) is 11.6. The summed E-state index contributed by atoms with van der Waals surface area (Å²) in [7, 11) is 0. The largest absolute Gasteiger partial charge is 0.300 e. The van der Waals surface area contributed by atoms with Crippen LogP contribution in [0.25, 0.3) is 10.8 Å². The molecular formula is C27H27N. The molecule has 0 radical (unpaired) electrons. The molecule has 0 aromatic heterocycles. The first-order valence-corrected chi connectivity index (χ1v) is 9.93. The highest BCUT2D eigenvalue weighted by molar-refractivity contribution is 6.19. The highest BCUT2D eigenvalue weighted by Crippen LogP contribution is 2.38. The van der Waals surface area contributed by atoms with Crippen LogP contribution in [0.3, 0.4) is 0 Å². The van der Waals surface area contributed by atoms with Crippen molar-refractivity contribution in [1.82, 2.24) is 0 Å². The number of fused-ring (bicyclic) bond motifs is 1. The molecule has 4 rings (SSSR count). The van der Waals surface area contributed by atoms with Crippen molar-refractivity contribution in [2.75, 3.05) is 0 Å². The molecule has 1 heteroatoms. The quantitative estimate of drug-likeness (QED) is 0.476. The number of hydrogen-bond acceptors (Lipinski definition) is 1. The van der Waals surface area contributed by atoms with Gasteiger partial charge in [0, 0.05) is 17.0 Å². The Kier molecular flexibility index (Phi) is 4.55. The van der Waals surface area contributed by atoms with Gasteiger partial charge in [0.25, 0.3) is 0 Å². The topological polar surface area (TPSA) is 23.9 Å². The maximum absolute atomic E-state index is 9.24. The van der Waals surface area contributed by atoms with Gasteiger partial charge in [-0.3, -0.25) is 5.41 Å². The molecule has 1 aliphatic rings. The monoisotopic (exact) mass is 365 g/mol. The van der Waals surface area contributed by atoms with E-state index in [4.69, 9.17) is 0 Å². The summed E-state index contributed by atoms with van der Waals surface area (Å²) in [5.74, 6) is 0.242. The van der Waals surface area contributed by atoms with Crippen molar-refractivity contribution in [3.05, 3.63) is 105 Å². The summed E-state index contributed by atoms with van der Waals surface area (Å²) >= 11 is 0. The van der Waals surface area contributed by atoms with E-state index in [0.717, 1.165) is 16.5 Å². The fourth-order valence-electron chi connectivity index (χ4n) is 4.41. The molecule has 1 atom stereocenters. The third-order valence-electron chi connectivity index (χ3n) is 6.25. The molecule has 1 unspecified atom stereocenters. The number of rotatable bonds is 3. The minimum atomic E-state index is 0.242. The summed E-state index contributed by atoms with van der Waals surface area (Å²) in [4.78, 5) is 0. The molecule has 3 aromatic rings. The third-order valence-corrected chi connectivity index (χ3v) is 6.25. The van der Waals surface area contributed by atoms with Crippen LogP contribution in [0.4, 0.5) is 0 Å². The zero-order chi connectivity index (χ0) is 20.0. The first kappa shape index (κ1) is 18.4. The van der Waals surface area contributed by atoms with Crippen LogP contribution in [-0.4, -0.2) is 5.71 Å². The SMILES string of the molecule is CC1=CC(c2ccc3ccccc3c2C(=N)c2ccc(C)c(C)c2C)C(C)=C1. The molecule has 28 heavy (non-hydrogen) atoms. The average molecular weight is 366 g/mol. The van der Waals surface area contributed by atoms with E-state index in [2.05, 4.69) is 95.3 Å². The zero-order valence-corrected chi connectivity index (χ0v) is 17.4. The molecule has 0 spiro atoms. The van der Waals surface area contributed by atoms with E-state index in [9.17, 15) is 5.41 Å². The first-order chi connectivity index (χ1) is 13.4. The van der Waals surface area contributed by atoms with Crippen LogP contribution in [0.1, 0.15) is 53.1 Å². The van der Waals surface area contributed by atoms with Crippen LogP contribution in [0.5, 0.6) is 0 Å². The third kappa shape index (κ3) is 2.92. The average Bonchev–Trinajstić information content (AvgIpc) is 3.02. The van der Waals surface area contributed by atoms with E-state index < -0.39 is 0 Å². The van der Waals surface area contributed by atoms with Gasteiger partial charge in [-0.25, -0.2) is 0 Å². The van der Waals surface area contributed by atoms with E-state index in [1.807, 2.05) is 0 Å². The van der Waals surface area contributed by atoms with E-state index in [0.29, 0.717) is 5.71 Å². The highest BCUT2D eigenvalue weighted by atomic mass is 14.4. The zero-order valence-electron chi connectivity index (χ0n) is 17.4. The van der Waals surface area contributed by atoms with Crippen molar-refractivity contribution >= 4 is 16.5 Å². The molecule has 0 amide bonds. The maximum atomic E-state index is 9.24. The van der Waals surface area contributed by atoms with Crippen LogP contribution in [0.15, 0.2) is 71.8 Å². The Morgan fingerprint density at radius 1 is 0.821 bits per heavy atom. The maximum Gasteiger partial charge on any atom is 0.0696 e. The molecule has 3 aromatic carbocycles. The molecular weight excluding hydrogens is 338 g/mol. The Hall–Kier alpha value is -2.93. The van der Waals surface area contributed by atoms with Crippen LogP contribution >= 0.6 is 0 Å². The second kappa shape index (κ2) is 6.91. The Balaban J connectivity index is 2.00. The lowest BCUT2D eigenvalue weighted by Crippen LogP contribution is -2.11. The number of nitrogens with one attached hydrogen (secondary N) is 1. The van der Waals surface area contributed by atoms with Gasteiger partial charge in [0.1, 0.15) is 0 Å². The highest BCUT2D eigenvalue weighted by Gasteiger charge is 2.24. The smallest absolute Gasteiger partial charge is 0.0696 e. The Bertz CT molecular complexity index is 1170. The second-order valence-corrected chi connectivity index (χ2v) is 8.08. The number of hydrogen-bond donors (Lipinski definition) is 1. The van der Waals surface area contributed by atoms with Crippen LogP contribution in [0, 0.1) is 26.2 Å². The predicted molar refractivity (Wildman–Crippen MR) is 121 cm³/mol. The molecule has 0 fully saturated rings. The van der Waals surface area contributed by atoms with E-state index in [-0.39, 0.29) is 5.92 Å². The van der Waals surface area contributed by atoms with Crippen molar-refractivity contribution < 1.29 is 0 Å². The summed E-state index contributed by atoms with van der Waals surface area (Å²) < 4.78 is 0. The van der Waals surface area contributed by atoms with Crippen LogP contribution in [0.2, 0.25) is 0 Å². The molecule has 1 aliphatic carbocycles. The van der Waals surface area contributed by atoms with Gasteiger partial charge in [0.2, 0.25) is 0 Å². The predicted octanol–water partition coefficient (Wildman–Crippen LogP) is 7.17. The van der Waals surface area contributed by atoms with Gasteiger partial charge < -0.3 is 0 Å². The normalized spacial score (nSPS) is 16.2. The molecule has 0 aliphatic heterocycles. The van der Waals surface area contributed by atoms with Crippen molar-refractivity contribution in [1.29, 1.82) is 5.41 Å². The minimum absolute atomic E-state index is 0.242. The van der Waals surface area contributed by atoms with Crippen molar-refractivity contribution in [3.63, 3.8) is 0 Å². The fourth-order valence-corrected chi connectivity index (χ4v) is 4.41. The lowest BCUT2D eigenvalue weighted by molar-refractivity contribution is 1.01. The number of aryl methyl sites for hydroxylation is 1. The fraction of sp³-hybridized carbons (Fsp3) is 0.222. The lowest BCUT2D eigenvalue weighted by Gasteiger charge is -2.21. The Labute approximate surface area is 167 Å². The van der Waals surface area contributed by atoms with E-state index in [1.165, 1.54) is 38.8 Å². The van der Waals surface area contributed by atoms with Gasteiger partial charge in [0.15, 0.2) is 0 Å². The first-order valence-electron chi connectivity index (χ1n) is 9.93. The molecule has 0 heterocycles. The lowest BCUT2D eigenvalue weighted by atomic mass is 9.83. The Morgan fingerprint density at radius 2 is 1.57 bits per heavy atom. The number of allylic oxidation sites excluding steroid dienone is 4. The van der Waals surface area contributed by atoms with Crippen molar-refractivity contribution in [2.45, 2.75) is 40.5 Å². The van der Waals surface area contributed by atoms with Gasteiger partial charge >= 0.3 is 0 Å². The van der Waals surface area contributed by atoms with Crippen LogP contribution < -0.4 is 0 Å². The van der Waals surface area contributed by atoms with Crippen LogP contribution in [-0.2, 0) is 0 Å². The molecule has 1 nitrogen and oxygen atoms in total. The summed E-state index contributed by atoms with van der Waals surface area (Å²) in [5.41, 5.74) is 10.3. The summed E-state index contributed by atoms with van der Waals surface area (Å²) in [6.45, 7) is 10.8. The van der Waals surface area contributed by atoms with E-state index in [1.54, 1.807) is 0 Å². The van der Waals surface area contributed by atoms with Gasteiger partial charge in [-0.2, -0.15) is 0 Å². The molecule has 0 saturated carbocycles. The van der Waals surface area contributed by atoms with Gasteiger partial charge in [0.05, 0.1) is 5.71 Å². The standard InChI is InChI=1S/C27H27N/c1-16-14-18(3)25(15-16)24-13-11-21-8-6-7-9-23(21)26(24)27(28)22-12-10-17(2)19(4)20(22)5/h6-15,25,28H,1-5H3. The van der Waals surface area contributed by atoms with Gasteiger partial charge in [-0.05, 0) is 67.6 Å². The van der Waals surface area contributed by atoms with Crippen molar-refractivity contribution in [3.8, 4) is 0 Å².